The van der Waals surface area contributed by atoms with Crippen LogP contribution in [0.25, 0.3) is 10.2 Å². The number of aromatic nitrogens is 1. The van der Waals surface area contributed by atoms with Gasteiger partial charge in [-0.3, -0.25) is 4.57 Å². The highest BCUT2D eigenvalue weighted by Crippen LogP contribution is 2.15. The highest BCUT2D eigenvalue weighted by molar-refractivity contribution is 7.17. The lowest BCUT2D eigenvalue weighted by molar-refractivity contribution is 0.413. The molecule has 80 valence electrons. The predicted octanol–water partition coefficient (Wildman–Crippen LogP) is 1.82. The fraction of sp³-hybridized carbons (Fsp3) is 0.400. The van der Waals surface area contributed by atoms with E-state index in [0.29, 0.717) is 16.8 Å². The first kappa shape index (κ1) is 10.2. The number of aryl methyl sites for hydroxylation is 1. The van der Waals surface area contributed by atoms with Crippen molar-refractivity contribution in [3.63, 3.8) is 0 Å². The van der Waals surface area contributed by atoms with Crippen LogP contribution in [0.3, 0.4) is 0 Å². The molecular weight excluding hydrogens is 214 g/mol. The quantitative estimate of drug-likeness (QED) is 0.800. The van der Waals surface area contributed by atoms with Crippen molar-refractivity contribution in [1.82, 2.24) is 4.57 Å². The Hall–Kier alpha value is -1.36. The Morgan fingerprint density at radius 3 is 3.00 bits per heavy atom. The second-order valence-electron chi connectivity index (χ2n) is 3.30. The van der Waals surface area contributed by atoms with E-state index in [1.807, 2.05) is 0 Å². The molecule has 5 heteroatoms. The molecule has 2 aromatic heterocycles. The zero-order valence-corrected chi connectivity index (χ0v) is 9.17. The molecule has 0 spiro atoms. The van der Waals surface area contributed by atoms with Crippen LogP contribution in [0.5, 0.6) is 0 Å². The van der Waals surface area contributed by atoms with Crippen LogP contribution in [-0.2, 0) is 6.54 Å². The molecule has 4 nitrogen and oxygen atoms in total. The summed E-state index contributed by atoms with van der Waals surface area (Å²) < 4.78 is 6.68. The Kier molecular flexibility index (Phi) is 2.73. The topological polar surface area (TPSA) is 52.2 Å². The van der Waals surface area contributed by atoms with Gasteiger partial charge in [0.2, 0.25) is 0 Å². The molecule has 0 fully saturated rings. The molecule has 0 unspecified atom stereocenters. The minimum absolute atomic E-state index is 0.519. The third kappa shape index (κ3) is 1.74. The van der Waals surface area contributed by atoms with Crippen LogP contribution < -0.4 is 11.4 Å². The lowest BCUT2D eigenvalue weighted by Crippen LogP contribution is -2.24. The van der Waals surface area contributed by atoms with E-state index in [-0.39, 0.29) is 0 Å². The second-order valence-corrected chi connectivity index (χ2v) is 4.21. The van der Waals surface area contributed by atoms with Crippen LogP contribution in [0, 0.1) is 0 Å². The first-order valence-corrected chi connectivity index (χ1v) is 5.73. The number of hydrogen-bond donors (Lipinski definition) is 0. The Morgan fingerprint density at radius 2 is 2.27 bits per heavy atom. The monoisotopic (exact) mass is 225 g/mol. The molecule has 0 bridgehead atoms. The van der Waals surface area contributed by atoms with Gasteiger partial charge in [0.25, 0.3) is 0 Å². The molecule has 15 heavy (non-hydrogen) atoms. The third-order valence-electron chi connectivity index (χ3n) is 2.26. The van der Waals surface area contributed by atoms with Crippen molar-refractivity contribution >= 4 is 21.6 Å². The summed E-state index contributed by atoms with van der Waals surface area (Å²) in [5.41, 5.74) is 0.160. The van der Waals surface area contributed by atoms with E-state index in [1.54, 1.807) is 11.4 Å². The maximum absolute atomic E-state index is 11.5. The van der Waals surface area contributed by atoms with Crippen molar-refractivity contribution in [3.05, 3.63) is 32.4 Å². The minimum atomic E-state index is -0.556. The number of thiophene rings is 1. The normalized spacial score (nSPS) is 11.0. The zero-order chi connectivity index (χ0) is 10.8. The first-order chi connectivity index (χ1) is 7.24. The molecule has 0 N–H and O–H groups in total. The molecule has 0 aliphatic carbocycles. The summed E-state index contributed by atoms with van der Waals surface area (Å²) >= 11 is 1.30. The molecule has 2 rings (SSSR count). The number of hydrogen-bond acceptors (Lipinski definition) is 4. The molecule has 2 heterocycles. The summed E-state index contributed by atoms with van der Waals surface area (Å²) in [5.74, 6) is -0.556. The average Bonchev–Trinajstić information content (AvgIpc) is 2.66. The molecule has 0 aliphatic rings. The van der Waals surface area contributed by atoms with Crippen LogP contribution >= 0.6 is 11.3 Å². The largest absolute Gasteiger partial charge is 0.422 e. The van der Waals surface area contributed by atoms with Gasteiger partial charge in [-0.2, -0.15) is 0 Å². The number of unbranched alkanes of at least 4 members (excludes halogenated alkanes) is 1. The second kappa shape index (κ2) is 4.02. The number of rotatable bonds is 3. The summed E-state index contributed by atoms with van der Waals surface area (Å²) in [6.45, 7) is 2.65. The van der Waals surface area contributed by atoms with Crippen molar-refractivity contribution in [2.75, 3.05) is 0 Å². The van der Waals surface area contributed by atoms with Gasteiger partial charge in [-0.25, -0.2) is 9.59 Å². The van der Waals surface area contributed by atoms with Crippen LogP contribution in [0.15, 0.2) is 25.5 Å². The average molecular weight is 225 g/mol. The van der Waals surface area contributed by atoms with Crippen molar-refractivity contribution in [1.29, 1.82) is 0 Å². The molecule has 0 atom stereocenters. The van der Waals surface area contributed by atoms with Gasteiger partial charge in [-0.15, -0.1) is 11.3 Å². The lowest BCUT2D eigenvalue weighted by atomic mass is 10.3. The molecule has 0 amide bonds. The Morgan fingerprint density at radius 1 is 1.47 bits per heavy atom. The van der Waals surface area contributed by atoms with Crippen molar-refractivity contribution < 1.29 is 4.42 Å². The molecule has 0 saturated heterocycles. The van der Waals surface area contributed by atoms with Gasteiger partial charge in [-0.05, 0) is 17.9 Å². The van der Waals surface area contributed by atoms with E-state index in [2.05, 4.69) is 11.3 Å². The standard InChI is InChI=1S/C10H11NO3S/c1-2-3-5-11-7-4-6-15-8(7)9(12)14-10(11)13/h4,6H,2-3,5H2,1H3. The van der Waals surface area contributed by atoms with Crippen LogP contribution in [0.2, 0.25) is 0 Å². The van der Waals surface area contributed by atoms with E-state index in [9.17, 15) is 9.59 Å². The maximum atomic E-state index is 11.5. The van der Waals surface area contributed by atoms with E-state index < -0.39 is 11.4 Å². The first-order valence-electron chi connectivity index (χ1n) is 4.85. The predicted molar refractivity (Wildman–Crippen MR) is 59.5 cm³/mol. The van der Waals surface area contributed by atoms with Crippen molar-refractivity contribution in [3.8, 4) is 0 Å². The highest BCUT2D eigenvalue weighted by Gasteiger charge is 2.09. The van der Waals surface area contributed by atoms with Gasteiger partial charge in [0.1, 0.15) is 4.70 Å². The Labute approximate surface area is 89.8 Å². The van der Waals surface area contributed by atoms with Gasteiger partial charge in [0.15, 0.2) is 0 Å². The smallest absolute Gasteiger partial charge is 0.371 e. The Bertz CT molecular complexity index is 578. The SMILES string of the molecule is CCCCn1c(=O)oc(=O)c2sccc21. The van der Waals surface area contributed by atoms with Gasteiger partial charge in [0.05, 0.1) is 5.52 Å². The molecule has 0 radical (unpaired) electrons. The number of nitrogens with zero attached hydrogens (tertiary/aromatic N) is 1. The van der Waals surface area contributed by atoms with Gasteiger partial charge in [0, 0.05) is 6.54 Å². The van der Waals surface area contributed by atoms with Gasteiger partial charge in [-0.1, -0.05) is 13.3 Å². The summed E-state index contributed by atoms with van der Waals surface area (Å²) in [5, 5.41) is 1.80. The Balaban J connectivity index is 2.66. The minimum Gasteiger partial charge on any atom is -0.371 e. The maximum Gasteiger partial charge on any atom is 0.422 e. The van der Waals surface area contributed by atoms with E-state index in [0.717, 1.165) is 12.8 Å². The van der Waals surface area contributed by atoms with Crippen LogP contribution in [-0.4, -0.2) is 4.57 Å². The molecule has 0 aromatic carbocycles. The summed E-state index contributed by atoms with van der Waals surface area (Å²) in [4.78, 5) is 22.8. The fourth-order valence-corrected chi connectivity index (χ4v) is 2.24. The molecule has 0 aliphatic heterocycles. The van der Waals surface area contributed by atoms with Crippen LogP contribution in [0.4, 0.5) is 0 Å². The van der Waals surface area contributed by atoms with E-state index >= 15 is 0 Å². The highest BCUT2D eigenvalue weighted by atomic mass is 32.1. The molecular formula is C10H11NO3S. The third-order valence-corrected chi connectivity index (χ3v) is 3.14. The summed E-state index contributed by atoms with van der Waals surface area (Å²) in [6, 6.07) is 1.79. The van der Waals surface area contributed by atoms with Crippen molar-refractivity contribution in [2.24, 2.45) is 0 Å². The summed E-state index contributed by atoms with van der Waals surface area (Å²) in [7, 11) is 0. The lowest BCUT2D eigenvalue weighted by Gasteiger charge is -2.03. The zero-order valence-electron chi connectivity index (χ0n) is 8.36. The summed E-state index contributed by atoms with van der Waals surface area (Å²) in [6.07, 6.45) is 1.90. The van der Waals surface area contributed by atoms with Crippen molar-refractivity contribution in [2.45, 2.75) is 26.3 Å². The molecule has 2 aromatic rings. The van der Waals surface area contributed by atoms with E-state index in [4.69, 9.17) is 0 Å². The van der Waals surface area contributed by atoms with E-state index in [1.165, 1.54) is 15.9 Å². The van der Waals surface area contributed by atoms with Gasteiger partial charge >= 0.3 is 11.4 Å². The number of fused-ring (bicyclic) bond motifs is 1. The van der Waals surface area contributed by atoms with Crippen LogP contribution in [0.1, 0.15) is 19.8 Å². The molecule has 0 saturated carbocycles. The van der Waals surface area contributed by atoms with Gasteiger partial charge < -0.3 is 4.42 Å². The fourth-order valence-electron chi connectivity index (χ4n) is 1.47.